The van der Waals surface area contributed by atoms with Gasteiger partial charge in [0, 0.05) is 22.6 Å². The fourth-order valence-corrected chi connectivity index (χ4v) is 7.43. The van der Waals surface area contributed by atoms with Gasteiger partial charge in [-0.05, 0) is 42.9 Å². The first kappa shape index (κ1) is 21.0. The van der Waals surface area contributed by atoms with Crippen LogP contribution in [0.2, 0.25) is 0 Å². The van der Waals surface area contributed by atoms with Gasteiger partial charge in [0.2, 0.25) is 5.91 Å². The van der Waals surface area contributed by atoms with Crippen LogP contribution in [0, 0.1) is 17.2 Å². The molecule has 2 aromatic rings. The van der Waals surface area contributed by atoms with E-state index in [1.807, 2.05) is 24.3 Å². The highest BCUT2D eigenvalue weighted by Crippen LogP contribution is 2.56. The Bertz CT molecular complexity index is 1180. The summed E-state index contributed by atoms with van der Waals surface area (Å²) in [5, 5.41) is 12.9. The first-order valence-electron chi connectivity index (χ1n) is 10.6. The van der Waals surface area contributed by atoms with E-state index in [-0.39, 0.29) is 12.3 Å². The lowest BCUT2D eigenvalue weighted by Crippen LogP contribution is -2.48. The van der Waals surface area contributed by atoms with Gasteiger partial charge in [-0.15, -0.1) is 11.3 Å². The maximum Gasteiger partial charge on any atom is 0.344 e. The van der Waals surface area contributed by atoms with E-state index in [1.165, 1.54) is 28.0 Å². The molecule has 0 bridgehead atoms. The lowest BCUT2D eigenvalue weighted by molar-refractivity contribution is -0.149. The van der Waals surface area contributed by atoms with Crippen molar-refractivity contribution in [1.82, 2.24) is 0 Å². The number of carbonyl (C=O) groups excluding carboxylic acids is 3. The van der Waals surface area contributed by atoms with E-state index in [2.05, 4.69) is 18.3 Å². The number of nitrogens with zero attached hydrogens (tertiary/aromatic N) is 2. The lowest BCUT2D eigenvalue weighted by Gasteiger charge is -2.28. The Balaban J connectivity index is 1.28. The molecule has 9 heteroatoms. The Labute approximate surface area is 193 Å². The van der Waals surface area contributed by atoms with Crippen molar-refractivity contribution in [2.45, 2.75) is 48.8 Å². The van der Waals surface area contributed by atoms with Crippen LogP contribution in [0.15, 0.2) is 29.2 Å². The van der Waals surface area contributed by atoms with Crippen molar-refractivity contribution in [3.05, 3.63) is 40.3 Å². The summed E-state index contributed by atoms with van der Waals surface area (Å²) in [4.78, 5) is 40.5. The molecule has 1 N–H and O–H groups in total. The molecular weight excluding hydrogens is 446 g/mol. The molecule has 164 valence electrons. The van der Waals surface area contributed by atoms with Crippen LogP contribution in [0.3, 0.4) is 0 Å². The Morgan fingerprint density at radius 1 is 1.34 bits per heavy atom. The van der Waals surface area contributed by atoms with Crippen molar-refractivity contribution >= 4 is 51.6 Å². The van der Waals surface area contributed by atoms with Crippen molar-refractivity contribution < 1.29 is 19.1 Å². The third-order valence-corrected chi connectivity index (χ3v) is 8.83. The highest BCUT2D eigenvalue weighted by molar-refractivity contribution is 8.02. The number of para-hydroxylation sites is 1. The molecular formula is C23H21N3O4S2. The first-order valence-corrected chi connectivity index (χ1v) is 12.2. The van der Waals surface area contributed by atoms with Gasteiger partial charge >= 0.3 is 5.97 Å². The van der Waals surface area contributed by atoms with Gasteiger partial charge in [0.1, 0.15) is 11.1 Å². The van der Waals surface area contributed by atoms with Gasteiger partial charge in [0.25, 0.3) is 5.91 Å². The maximum atomic E-state index is 13.1. The summed E-state index contributed by atoms with van der Waals surface area (Å²) in [6.07, 6.45) is 3.36. The number of hydrogen-bond acceptors (Lipinski definition) is 7. The molecule has 32 heavy (non-hydrogen) atoms. The van der Waals surface area contributed by atoms with Crippen LogP contribution >= 0.6 is 23.1 Å². The van der Waals surface area contributed by atoms with Gasteiger partial charge in [-0.3, -0.25) is 14.5 Å². The number of nitriles is 1. The fourth-order valence-electron chi connectivity index (χ4n) is 4.64. The molecule has 0 spiro atoms. The minimum absolute atomic E-state index is 0.124. The van der Waals surface area contributed by atoms with E-state index >= 15 is 0 Å². The average molecular weight is 468 g/mol. The topological polar surface area (TPSA) is 99.5 Å². The van der Waals surface area contributed by atoms with Crippen LogP contribution in [-0.2, 0) is 32.0 Å². The van der Waals surface area contributed by atoms with Crippen LogP contribution in [0.5, 0.6) is 0 Å². The molecule has 3 heterocycles. The maximum absolute atomic E-state index is 13.1. The van der Waals surface area contributed by atoms with Gasteiger partial charge in [0.15, 0.2) is 11.5 Å². The summed E-state index contributed by atoms with van der Waals surface area (Å²) < 4.78 is 5.39. The first-order chi connectivity index (χ1) is 15.4. The predicted octanol–water partition coefficient (Wildman–Crippen LogP) is 3.86. The molecule has 2 aliphatic heterocycles. The number of hydrogen-bond donors (Lipinski definition) is 1. The van der Waals surface area contributed by atoms with E-state index < -0.39 is 23.4 Å². The highest BCUT2D eigenvalue weighted by Gasteiger charge is 2.58. The smallest absolute Gasteiger partial charge is 0.344 e. The van der Waals surface area contributed by atoms with Gasteiger partial charge in [-0.2, -0.15) is 5.26 Å². The third kappa shape index (κ3) is 3.29. The van der Waals surface area contributed by atoms with Crippen LogP contribution < -0.4 is 10.2 Å². The number of benzene rings is 1. The molecule has 3 aliphatic rings. The number of thiophene rings is 1. The number of amides is 2. The second-order valence-electron chi connectivity index (χ2n) is 8.38. The molecule has 2 amide bonds. The molecule has 5 rings (SSSR count). The van der Waals surface area contributed by atoms with E-state index in [1.54, 1.807) is 0 Å². The molecule has 7 nitrogen and oxygen atoms in total. The summed E-state index contributed by atoms with van der Waals surface area (Å²) in [5.74, 6) is -0.656. The molecule has 1 aromatic heterocycles. The average Bonchev–Trinajstić information content (AvgIpc) is 3.41. The number of esters is 1. The lowest BCUT2D eigenvalue weighted by atomic mass is 9.89. The number of thioether (sulfide) groups is 1. The quantitative estimate of drug-likeness (QED) is 0.686. The second-order valence-corrected chi connectivity index (χ2v) is 10.8. The summed E-state index contributed by atoms with van der Waals surface area (Å²) >= 11 is 2.74. The third-order valence-electron chi connectivity index (χ3n) is 6.20. The minimum Gasteiger partial charge on any atom is -0.453 e. The molecule has 1 fully saturated rings. The summed E-state index contributed by atoms with van der Waals surface area (Å²) in [6, 6.07) is 9.59. The molecule has 0 unspecified atom stereocenters. The summed E-state index contributed by atoms with van der Waals surface area (Å²) in [6.45, 7) is 1.71. The molecule has 1 aromatic carbocycles. The Kier molecular flexibility index (Phi) is 5.22. The molecule has 1 saturated heterocycles. The molecule has 1 aliphatic carbocycles. The molecule has 0 radical (unpaired) electrons. The number of ether oxygens (including phenoxy) is 1. The van der Waals surface area contributed by atoms with Crippen molar-refractivity contribution in [3.8, 4) is 6.07 Å². The number of anilines is 2. The summed E-state index contributed by atoms with van der Waals surface area (Å²) in [7, 11) is 0. The second kappa shape index (κ2) is 7.94. The van der Waals surface area contributed by atoms with Crippen LogP contribution in [0.1, 0.15) is 42.2 Å². The Hall–Kier alpha value is -2.83. The zero-order chi connectivity index (χ0) is 22.5. The number of nitrogens with one attached hydrogen (secondary N) is 1. The normalized spacial score (nSPS) is 23.2. The largest absolute Gasteiger partial charge is 0.453 e. The van der Waals surface area contributed by atoms with E-state index in [9.17, 15) is 19.6 Å². The van der Waals surface area contributed by atoms with Crippen molar-refractivity contribution in [1.29, 1.82) is 5.26 Å². The highest BCUT2D eigenvalue weighted by atomic mass is 32.2. The molecule has 0 saturated carbocycles. The number of fused-ring (bicyclic) bond motifs is 4. The van der Waals surface area contributed by atoms with E-state index in [0.29, 0.717) is 28.6 Å². The van der Waals surface area contributed by atoms with E-state index in [4.69, 9.17) is 4.74 Å². The fraction of sp³-hybridized carbons (Fsp3) is 0.391. The van der Waals surface area contributed by atoms with Gasteiger partial charge in [-0.25, -0.2) is 4.79 Å². The number of rotatable bonds is 4. The van der Waals surface area contributed by atoms with Crippen LogP contribution in [0.25, 0.3) is 0 Å². The van der Waals surface area contributed by atoms with Crippen molar-refractivity contribution in [3.63, 3.8) is 0 Å². The Morgan fingerprint density at radius 2 is 2.16 bits per heavy atom. The van der Waals surface area contributed by atoms with E-state index in [0.717, 1.165) is 34.6 Å². The van der Waals surface area contributed by atoms with Gasteiger partial charge in [-0.1, -0.05) is 30.8 Å². The summed E-state index contributed by atoms with van der Waals surface area (Å²) in [5.41, 5.74) is 2.25. The number of carbonyl (C=O) groups is 3. The van der Waals surface area contributed by atoms with Crippen molar-refractivity contribution in [2.75, 3.05) is 16.8 Å². The van der Waals surface area contributed by atoms with Crippen molar-refractivity contribution in [2.24, 2.45) is 5.92 Å². The zero-order valence-corrected chi connectivity index (χ0v) is 19.1. The van der Waals surface area contributed by atoms with Gasteiger partial charge in [0.05, 0.1) is 11.3 Å². The minimum atomic E-state index is -1.16. The van der Waals surface area contributed by atoms with Gasteiger partial charge < -0.3 is 10.1 Å². The predicted molar refractivity (Wildman–Crippen MR) is 122 cm³/mol. The standard InChI is InChI=1S/C23H21N3O4S2/c1-13-6-7-14-15(11-24)21(31-18(14)10-13)25-19(27)12-30-22(29)23-9-8-20(28)26(23)16-4-2-3-5-17(16)32-23/h2-5,13H,6-10,12H2,1H3,(H,25,27)/t13-,23+/m0/s1. The Morgan fingerprint density at radius 3 is 2.97 bits per heavy atom. The molecule has 2 atom stereocenters. The van der Waals surface area contributed by atoms with Crippen LogP contribution in [-0.4, -0.2) is 29.3 Å². The van der Waals surface area contributed by atoms with Crippen LogP contribution in [0.4, 0.5) is 10.7 Å². The SMILES string of the molecule is C[C@H]1CCc2c(sc(NC(=O)COC(=O)[C@]34CCC(=O)N3c3ccccc3S4)c2C#N)C1. The monoisotopic (exact) mass is 467 g/mol. The zero-order valence-electron chi connectivity index (χ0n) is 17.5.